The van der Waals surface area contributed by atoms with Crippen molar-refractivity contribution in [3.8, 4) is 0 Å². The Kier molecular flexibility index (Phi) is 6.15. The summed E-state index contributed by atoms with van der Waals surface area (Å²) in [4.78, 5) is 41.4. The van der Waals surface area contributed by atoms with Crippen molar-refractivity contribution in [2.45, 2.75) is 18.9 Å². The van der Waals surface area contributed by atoms with Crippen LogP contribution in [0.25, 0.3) is 10.9 Å². The first-order valence-corrected chi connectivity index (χ1v) is 10.6. The summed E-state index contributed by atoms with van der Waals surface area (Å²) in [7, 11) is 0. The molecule has 31 heavy (non-hydrogen) atoms. The first kappa shape index (κ1) is 21.2. The standard InChI is InChI=1S/C22H20Cl2N4O3/c23-15-6-5-13(17(24)10-15)7-8-25-20(29)12-28-21(30)19(27-22(28)31)9-14-11-26-18-4-2-1-3-16(14)18/h1-6,10-11,19,26H,7-9,12H2,(H,25,29)(H,27,31). The second-order valence-electron chi connectivity index (χ2n) is 7.33. The van der Waals surface area contributed by atoms with Crippen molar-refractivity contribution in [3.05, 3.63) is 69.8 Å². The van der Waals surface area contributed by atoms with Crippen LogP contribution in [0.5, 0.6) is 0 Å². The molecule has 9 heteroatoms. The highest BCUT2D eigenvalue weighted by atomic mass is 35.5. The highest BCUT2D eigenvalue weighted by Gasteiger charge is 2.39. The largest absolute Gasteiger partial charge is 0.361 e. The van der Waals surface area contributed by atoms with Crippen molar-refractivity contribution in [1.82, 2.24) is 20.5 Å². The van der Waals surface area contributed by atoms with E-state index in [2.05, 4.69) is 15.6 Å². The van der Waals surface area contributed by atoms with E-state index in [4.69, 9.17) is 23.2 Å². The summed E-state index contributed by atoms with van der Waals surface area (Å²) in [6, 6.07) is 11.6. The molecule has 160 valence electrons. The molecule has 2 heterocycles. The number of urea groups is 1. The lowest BCUT2D eigenvalue weighted by molar-refractivity contribution is -0.132. The van der Waals surface area contributed by atoms with Crippen LogP contribution < -0.4 is 10.6 Å². The molecule has 1 aliphatic rings. The SMILES string of the molecule is O=C(CN1C(=O)NC(Cc2c[nH]c3ccccc23)C1=O)NCCc1ccc(Cl)cc1Cl. The Balaban J connectivity index is 1.31. The first-order chi connectivity index (χ1) is 14.9. The highest BCUT2D eigenvalue weighted by Crippen LogP contribution is 2.22. The van der Waals surface area contributed by atoms with E-state index in [1.165, 1.54) is 0 Å². The number of amides is 4. The number of fused-ring (bicyclic) bond motifs is 1. The topological polar surface area (TPSA) is 94.3 Å². The maximum absolute atomic E-state index is 12.7. The van der Waals surface area contributed by atoms with E-state index >= 15 is 0 Å². The summed E-state index contributed by atoms with van der Waals surface area (Å²) >= 11 is 12.0. The predicted molar refractivity (Wildman–Crippen MR) is 119 cm³/mol. The van der Waals surface area contributed by atoms with Gasteiger partial charge < -0.3 is 15.6 Å². The minimum Gasteiger partial charge on any atom is -0.361 e. The Labute approximate surface area is 188 Å². The van der Waals surface area contributed by atoms with Crippen molar-refractivity contribution >= 4 is 52.0 Å². The second kappa shape index (κ2) is 8.99. The van der Waals surface area contributed by atoms with Crippen LogP contribution in [0.3, 0.4) is 0 Å². The summed E-state index contributed by atoms with van der Waals surface area (Å²) in [6.45, 7) is -0.00793. The molecule has 1 unspecified atom stereocenters. The number of benzene rings is 2. The van der Waals surface area contributed by atoms with Crippen LogP contribution in [0.2, 0.25) is 10.0 Å². The van der Waals surface area contributed by atoms with E-state index in [0.717, 1.165) is 26.9 Å². The second-order valence-corrected chi connectivity index (χ2v) is 8.17. The van der Waals surface area contributed by atoms with Gasteiger partial charge in [-0.3, -0.25) is 14.5 Å². The minimum absolute atomic E-state index is 0.322. The van der Waals surface area contributed by atoms with Crippen molar-refractivity contribution in [2.24, 2.45) is 0 Å². The normalized spacial score (nSPS) is 16.1. The molecule has 2 aromatic carbocycles. The molecule has 0 saturated carbocycles. The van der Waals surface area contributed by atoms with Crippen LogP contribution in [0.15, 0.2) is 48.7 Å². The Morgan fingerprint density at radius 2 is 1.90 bits per heavy atom. The smallest absolute Gasteiger partial charge is 0.325 e. The molecule has 7 nitrogen and oxygen atoms in total. The van der Waals surface area contributed by atoms with Gasteiger partial charge in [-0.05, 0) is 35.7 Å². The Hall–Kier alpha value is -3.03. The van der Waals surface area contributed by atoms with Crippen LogP contribution >= 0.6 is 23.2 Å². The van der Waals surface area contributed by atoms with Crippen molar-refractivity contribution in [1.29, 1.82) is 0 Å². The van der Waals surface area contributed by atoms with Gasteiger partial charge in [0.2, 0.25) is 5.91 Å². The van der Waals surface area contributed by atoms with Gasteiger partial charge in [0, 0.05) is 40.1 Å². The third kappa shape index (κ3) is 4.68. The Morgan fingerprint density at radius 1 is 1.10 bits per heavy atom. The van der Waals surface area contributed by atoms with Crippen LogP contribution in [0, 0.1) is 0 Å². The van der Waals surface area contributed by atoms with E-state index in [0.29, 0.717) is 29.4 Å². The van der Waals surface area contributed by atoms with Gasteiger partial charge in [-0.25, -0.2) is 4.79 Å². The molecule has 3 N–H and O–H groups in total. The quantitative estimate of drug-likeness (QED) is 0.474. The zero-order valence-corrected chi connectivity index (χ0v) is 18.0. The molecule has 1 aliphatic heterocycles. The molecule has 0 bridgehead atoms. The number of H-pyrrole nitrogens is 1. The average molecular weight is 459 g/mol. The zero-order chi connectivity index (χ0) is 22.0. The van der Waals surface area contributed by atoms with Crippen LogP contribution in [0.4, 0.5) is 4.79 Å². The van der Waals surface area contributed by atoms with Gasteiger partial charge in [0.05, 0.1) is 0 Å². The third-order valence-corrected chi connectivity index (χ3v) is 5.83. The molecule has 1 aromatic heterocycles. The van der Waals surface area contributed by atoms with Gasteiger partial charge in [0.15, 0.2) is 0 Å². The Bertz CT molecular complexity index is 1160. The van der Waals surface area contributed by atoms with Crippen LogP contribution in [-0.4, -0.2) is 46.9 Å². The van der Waals surface area contributed by atoms with E-state index in [-0.39, 0.29) is 6.54 Å². The molecule has 4 amide bonds. The fourth-order valence-corrected chi connectivity index (χ4v) is 4.15. The monoisotopic (exact) mass is 458 g/mol. The number of nitrogens with zero attached hydrogens (tertiary/aromatic N) is 1. The van der Waals surface area contributed by atoms with E-state index in [9.17, 15) is 14.4 Å². The molecule has 0 radical (unpaired) electrons. The maximum atomic E-state index is 12.7. The van der Waals surface area contributed by atoms with E-state index in [1.54, 1.807) is 18.2 Å². The molecule has 3 aromatic rings. The zero-order valence-electron chi connectivity index (χ0n) is 16.5. The number of halogens is 2. The number of carbonyl (C=O) groups is 3. The summed E-state index contributed by atoms with van der Waals surface area (Å²) < 4.78 is 0. The van der Waals surface area contributed by atoms with E-state index in [1.807, 2.05) is 30.5 Å². The number of hydrogen-bond donors (Lipinski definition) is 3. The van der Waals surface area contributed by atoms with Gasteiger partial charge in [-0.1, -0.05) is 47.5 Å². The lowest BCUT2D eigenvalue weighted by atomic mass is 10.1. The fourth-order valence-electron chi connectivity index (χ4n) is 3.65. The van der Waals surface area contributed by atoms with Crippen LogP contribution in [0.1, 0.15) is 11.1 Å². The number of aromatic amines is 1. The number of para-hydroxylation sites is 1. The number of nitrogens with one attached hydrogen (secondary N) is 3. The van der Waals surface area contributed by atoms with Gasteiger partial charge in [-0.15, -0.1) is 0 Å². The molecule has 4 rings (SSSR count). The molecule has 1 atom stereocenters. The molecular formula is C22H20Cl2N4O3. The summed E-state index contributed by atoms with van der Waals surface area (Å²) in [6.07, 6.45) is 2.69. The molecular weight excluding hydrogens is 439 g/mol. The molecule has 0 aliphatic carbocycles. The number of hydrogen-bond acceptors (Lipinski definition) is 3. The predicted octanol–water partition coefficient (Wildman–Crippen LogP) is 3.30. The van der Waals surface area contributed by atoms with Crippen molar-refractivity contribution < 1.29 is 14.4 Å². The molecule has 1 saturated heterocycles. The number of aromatic nitrogens is 1. The van der Waals surface area contributed by atoms with E-state index < -0.39 is 23.9 Å². The van der Waals surface area contributed by atoms with Crippen molar-refractivity contribution in [3.63, 3.8) is 0 Å². The van der Waals surface area contributed by atoms with Gasteiger partial charge >= 0.3 is 6.03 Å². The van der Waals surface area contributed by atoms with Crippen molar-refractivity contribution in [2.75, 3.05) is 13.1 Å². The summed E-state index contributed by atoms with van der Waals surface area (Å²) in [5.41, 5.74) is 2.74. The average Bonchev–Trinajstić information content (AvgIpc) is 3.26. The van der Waals surface area contributed by atoms with Gasteiger partial charge in [0.25, 0.3) is 5.91 Å². The summed E-state index contributed by atoms with van der Waals surface area (Å²) in [5, 5.41) is 7.45. The molecule has 1 fully saturated rings. The number of imide groups is 1. The van der Waals surface area contributed by atoms with Crippen LogP contribution in [-0.2, 0) is 22.4 Å². The number of carbonyl (C=O) groups excluding carboxylic acids is 3. The fraction of sp³-hybridized carbons (Fsp3) is 0.227. The third-order valence-electron chi connectivity index (χ3n) is 5.24. The minimum atomic E-state index is -0.701. The number of rotatable bonds is 7. The lowest BCUT2D eigenvalue weighted by Gasteiger charge is -2.13. The highest BCUT2D eigenvalue weighted by molar-refractivity contribution is 6.35. The summed E-state index contributed by atoms with van der Waals surface area (Å²) in [5.74, 6) is -0.826. The van der Waals surface area contributed by atoms with Gasteiger partial charge in [-0.2, -0.15) is 0 Å². The Morgan fingerprint density at radius 3 is 2.71 bits per heavy atom. The lowest BCUT2D eigenvalue weighted by Crippen LogP contribution is -2.41. The van der Waals surface area contributed by atoms with Gasteiger partial charge in [0.1, 0.15) is 12.6 Å². The first-order valence-electron chi connectivity index (χ1n) is 9.80. The molecule has 0 spiro atoms. The maximum Gasteiger partial charge on any atom is 0.325 e.